The van der Waals surface area contributed by atoms with Gasteiger partial charge >= 0.3 is 0 Å². The number of aliphatic hydroxyl groups excluding tert-OH is 2. The molecule has 4 fully saturated rings. The van der Waals surface area contributed by atoms with Crippen LogP contribution in [0.2, 0.25) is 0 Å². The van der Waals surface area contributed by atoms with Gasteiger partial charge in [0, 0.05) is 12.5 Å². The van der Waals surface area contributed by atoms with E-state index in [-0.39, 0.29) is 29.1 Å². The molecule has 0 radical (unpaired) electrons. The summed E-state index contributed by atoms with van der Waals surface area (Å²) in [6.45, 7) is 2.42. The third-order valence-corrected chi connectivity index (χ3v) is 9.12. The summed E-state index contributed by atoms with van der Waals surface area (Å²) in [7, 11) is 0. The Morgan fingerprint density at radius 1 is 0.958 bits per heavy atom. The van der Waals surface area contributed by atoms with Crippen molar-refractivity contribution in [3.63, 3.8) is 0 Å². The summed E-state index contributed by atoms with van der Waals surface area (Å²) in [5.41, 5.74) is 0.278. The molecule has 0 aromatic heterocycles. The largest absolute Gasteiger partial charge is 0.396 e. The molecule has 0 aromatic carbocycles. The molecule has 0 heterocycles. The minimum atomic E-state index is -0.288. The first-order valence-corrected chi connectivity index (χ1v) is 10.3. The lowest BCUT2D eigenvalue weighted by molar-refractivity contribution is -0.147. The van der Waals surface area contributed by atoms with Gasteiger partial charge in [-0.1, -0.05) is 19.8 Å². The molecule has 3 heteroatoms. The molecule has 0 amide bonds. The number of carbonyl (C=O) groups is 1. The van der Waals surface area contributed by atoms with Gasteiger partial charge in [0.25, 0.3) is 0 Å². The SMILES string of the molecule is CC12CC[C@H]3C(CC[C@H]4CCCCC43CO)[C@@H]1CCC2C(=O)CO. The highest BCUT2D eigenvalue weighted by molar-refractivity contribution is 5.83. The van der Waals surface area contributed by atoms with Gasteiger partial charge in [0.2, 0.25) is 0 Å². The van der Waals surface area contributed by atoms with Crippen molar-refractivity contribution in [2.24, 2.45) is 40.4 Å². The second-order valence-corrected chi connectivity index (χ2v) is 9.59. The monoisotopic (exact) mass is 334 g/mol. The maximum Gasteiger partial charge on any atom is 0.161 e. The first-order valence-electron chi connectivity index (χ1n) is 10.3. The van der Waals surface area contributed by atoms with Crippen molar-refractivity contribution >= 4 is 5.78 Å². The maximum absolute atomic E-state index is 12.3. The molecule has 0 bridgehead atoms. The molecular weight excluding hydrogens is 300 g/mol. The fourth-order valence-corrected chi connectivity index (χ4v) is 8.02. The molecule has 4 saturated carbocycles. The molecule has 24 heavy (non-hydrogen) atoms. The number of hydrogen-bond donors (Lipinski definition) is 2. The Bertz CT molecular complexity index is 503. The lowest BCUT2D eigenvalue weighted by Crippen LogP contribution is -2.55. The Balaban J connectivity index is 1.63. The Labute approximate surface area is 146 Å². The van der Waals surface area contributed by atoms with Crippen LogP contribution in [0.4, 0.5) is 0 Å². The van der Waals surface area contributed by atoms with Gasteiger partial charge in [0.15, 0.2) is 5.78 Å². The second kappa shape index (κ2) is 6.09. The van der Waals surface area contributed by atoms with E-state index in [0.29, 0.717) is 24.4 Å². The summed E-state index contributed by atoms with van der Waals surface area (Å²) in [5, 5.41) is 19.8. The van der Waals surface area contributed by atoms with E-state index in [0.717, 1.165) is 25.2 Å². The average Bonchev–Trinajstić information content (AvgIpc) is 2.97. The first kappa shape index (κ1) is 17.0. The minimum absolute atomic E-state index is 0.0710. The van der Waals surface area contributed by atoms with E-state index in [9.17, 15) is 15.0 Å². The van der Waals surface area contributed by atoms with Crippen LogP contribution in [0.5, 0.6) is 0 Å². The molecule has 0 spiro atoms. The van der Waals surface area contributed by atoms with Crippen LogP contribution in [-0.4, -0.2) is 29.2 Å². The number of Topliss-reactive ketones (excluding diaryl/α,β-unsaturated/α-hetero) is 1. The van der Waals surface area contributed by atoms with Gasteiger partial charge in [-0.2, -0.15) is 0 Å². The first-order chi connectivity index (χ1) is 11.6. The van der Waals surface area contributed by atoms with Crippen LogP contribution in [0.3, 0.4) is 0 Å². The summed E-state index contributed by atoms with van der Waals surface area (Å²) in [4.78, 5) is 12.3. The predicted molar refractivity (Wildman–Crippen MR) is 93.3 cm³/mol. The highest BCUT2D eigenvalue weighted by Crippen LogP contribution is 2.67. The standard InChI is InChI=1S/C21H34O3/c1-20-11-9-17-15(16(20)7-8-18(20)19(24)12-22)6-5-14-4-2-3-10-21(14,17)13-23/h14-18,22-23H,2-13H2,1H3/t14-,15?,16+,17+,18?,20?,21?/m1/s1. The van der Waals surface area contributed by atoms with Crippen molar-refractivity contribution in [3.05, 3.63) is 0 Å². The van der Waals surface area contributed by atoms with Gasteiger partial charge in [-0.3, -0.25) is 4.79 Å². The van der Waals surface area contributed by atoms with Crippen molar-refractivity contribution in [1.82, 2.24) is 0 Å². The number of aliphatic hydroxyl groups is 2. The molecule has 3 nitrogen and oxygen atoms in total. The van der Waals surface area contributed by atoms with Crippen LogP contribution >= 0.6 is 0 Å². The topological polar surface area (TPSA) is 57.5 Å². The molecular formula is C21H34O3. The van der Waals surface area contributed by atoms with Crippen molar-refractivity contribution in [3.8, 4) is 0 Å². The zero-order chi connectivity index (χ0) is 16.9. The molecule has 4 aliphatic rings. The van der Waals surface area contributed by atoms with Crippen LogP contribution in [0.25, 0.3) is 0 Å². The maximum atomic E-state index is 12.3. The van der Waals surface area contributed by atoms with Crippen LogP contribution in [0.1, 0.15) is 71.1 Å². The molecule has 7 atom stereocenters. The van der Waals surface area contributed by atoms with E-state index in [2.05, 4.69) is 6.92 Å². The van der Waals surface area contributed by atoms with Gasteiger partial charge in [0.1, 0.15) is 6.61 Å². The lowest BCUT2D eigenvalue weighted by atomic mass is 9.44. The summed E-state index contributed by atoms with van der Waals surface area (Å²) in [5.74, 6) is 2.87. The van der Waals surface area contributed by atoms with E-state index in [1.54, 1.807) is 0 Å². The van der Waals surface area contributed by atoms with Crippen molar-refractivity contribution in [2.45, 2.75) is 71.1 Å². The number of fused-ring (bicyclic) bond motifs is 5. The molecule has 4 unspecified atom stereocenters. The van der Waals surface area contributed by atoms with Gasteiger partial charge in [-0.15, -0.1) is 0 Å². The molecule has 0 saturated heterocycles. The third-order valence-electron chi connectivity index (χ3n) is 9.12. The third kappa shape index (κ3) is 2.19. The van der Waals surface area contributed by atoms with E-state index in [1.165, 1.54) is 44.9 Å². The quantitative estimate of drug-likeness (QED) is 0.829. The number of carbonyl (C=O) groups excluding carboxylic acids is 1. The van der Waals surface area contributed by atoms with E-state index in [4.69, 9.17) is 0 Å². The van der Waals surface area contributed by atoms with Crippen LogP contribution < -0.4 is 0 Å². The van der Waals surface area contributed by atoms with Crippen LogP contribution in [0.15, 0.2) is 0 Å². The minimum Gasteiger partial charge on any atom is -0.396 e. The zero-order valence-corrected chi connectivity index (χ0v) is 15.2. The fourth-order valence-electron chi connectivity index (χ4n) is 8.02. The zero-order valence-electron chi connectivity index (χ0n) is 15.2. The van der Waals surface area contributed by atoms with Gasteiger partial charge in [-0.05, 0) is 85.9 Å². The highest BCUT2D eigenvalue weighted by Gasteiger charge is 2.61. The summed E-state index contributed by atoms with van der Waals surface area (Å²) >= 11 is 0. The van der Waals surface area contributed by atoms with Crippen LogP contribution in [0, 0.1) is 40.4 Å². The molecule has 136 valence electrons. The normalized spacial score (nSPS) is 50.7. The van der Waals surface area contributed by atoms with Gasteiger partial charge in [-0.25, -0.2) is 0 Å². The average molecular weight is 335 g/mol. The van der Waals surface area contributed by atoms with Gasteiger partial charge < -0.3 is 10.2 Å². The number of hydrogen-bond acceptors (Lipinski definition) is 3. The molecule has 4 rings (SSSR count). The Hall–Kier alpha value is -0.410. The summed E-state index contributed by atoms with van der Waals surface area (Å²) in [6.07, 6.45) is 12.2. The molecule has 0 aromatic rings. The Kier molecular flexibility index (Phi) is 4.32. The molecule has 0 aliphatic heterocycles. The Morgan fingerprint density at radius 2 is 1.79 bits per heavy atom. The molecule has 2 N–H and O–H groups in total. The smallest absolute Gasteiger partial charge is 0.161 e. The van der Waals surface area contributed by atoms with Crippen molar-refractivity contribution < 1.29 is 15.0 Å². The van der Waals surface area contributed by atoms with Crippen LogP contribution in [-0.2, 0) is 4.79 Å². The number of ketones is 1. The molecule has 4 aliphatic carbocycles. The van der Waals surface area contributed by atoms with E-state index >= 15 is 0 Å². The predicted octanol–water partition coefficient (Wildman–Crippen LogP) is 3.57. The number of rotatable bonds is 3. The van der Waals surface area contributed by atoms with E-state index < -0.39 is 0 Å². The highest BCUT2D eigenvalue weighted by atomic mass is 16.3. The van der Waals surface area contributed by atoms with Crippen molar-refractivity contribution in [1.29, 1.82) is 0 Å². The Morgan fingerprint density at radius 3 is 2.54 bits per heavy atom. The fraction of sp³-hybridized carbons (Fsp3) is 0.952. The summed E-state index contributed by atoms with van der Waals surface area (Å²) in [6, 6.07) is 0. The summed E-state index contributed by atoms with van der Waals surface area (Å²) < 4.78 is 0. The lowest BCUT2D eigenvalue weighted by Gasteiger charge is -2.61. The second-order valence-electron chi connectivity index (χ2n) is 9.59. The van der Waals surface area contributed by atoms with E-state index in [1.807, 2.05) is 0 Å². The van der Waals surface area contributed by atoms with Crippen molar-refractivity contribution in [2.75, 3.05) is 13.2 Å². The van der Waals surface area contributed by atoms with Gasteiger partial charge in [0.05, 0.1) is 0 Å².